The van der Waals surface area contributed by atoms with Gasteiger partial charge in [-0.05, 0) is 42.5 Å². The van der Waals surface area contributed by atoms with Crippen LogP contribution in [0.2, 0.25) is 5.02 Å². The number of ether oxygens (including phenoxy) is 1. The first-order valence-electron chi connectivity index (χ1n) is 6.63. The summed E-state index contributed by atoms with van der Waals surface area (Å²) in [5.74, 6) is -0.571. The van der Waals surface area contributed by atoms with Gasteiger partial charge in [-0.3, -0.25) is 4.79 Å². The van der Waals surface area contributed by atoms with Gasteiger partial charge in [-0.2, -0.15) is 11.8 Å². The average Bonchev–Trinajstić information content (AvgIpc) is 2.47. The SMILES string of the molecule is O=C(COc1ccc(F)cc1Cl)NC1(C(=O)O)CCSCC1. The largest absolute Gasteiger partial charge is 0.482 e. The third-order valence-electron chi connectivity index (χ3n) is 3.39. The summed E-state index contributed by atoms with van der Waals surface area (Å²) in [6.07, 6.45) is 0.742. The van der Waals surface area contributed by atoms with Crippen LogP contribution in [0.5, 0.6) is 5.75 Å². The summed E-state index contributed by atoms with van der Waals surface area (Å²) in [6.45, 7) is -0.381. The molecule has 120 valence electrons. The third kappa shape index (κ3) is 4.04. The summed E-state index contributed by atoms with van der Waals surface area (Å²) in [5.41, 5.74) is -1.24. The Balaban J connectivity index is 1.95. The van der Waals surface area contributed by atoms with Gasteiger partial charge in [-0.15, -0.1) is 0 Å². The van der Waals surface area contributed by atoms with E-state index in [-0.39, 0.29) is 17.4 Å². The lowest BCUT2D eigenvalue weighted by Gasteiger charge is -2.33. The maximum atomic E-state index is 12.9. The number of halogens is 2. The van der Waals surface area contributed by atoms with Crippen molar-refractivity contribution in [2.45, 2.75) is 18.4 Å². The summed E-state index contributed by atoms with van der Waals surface area (Å²) in [6, 6.07) is 3.55. The van der Waals surface area contributed by atoms with E-state index in [1.165, 1.54) is 6.07 Å². The number of carbonyl (C=O) groups is 2. The molecule has 1 heterocycles. The summed E-state index contributed by atoms with van der Waals surface area (Å²) >= 11 is 7.45. The van der Waals surface area contributed by atoms with Crippen molar-refractivity contribution in [2.75, 3.05) is 18.1 Å². The maximum absolute atomic E-state index is 12.9. The first-order chi connectivity index (χ1) is 10.4. The van der Waals surface area contributed by atoms with E-state index in [2.05, 4.69) is 5.32 Å². The van der Waals surface area contributed by atoms with E-state index >= 15 is 0 Å². The summed E-state index contributed by atoms with van der Waals surface area (Å²) in [5, 5.41) is 12.0. The van der Waals surface area contributed by atoms with Crippen LogP contribution in [0.15, 0.2) is 18.2 Å². The van der Waals surface area contributed by atoms with Gasteiger partial charge in [0.15, 0.2) is 6.61 Å². The molecule has 1 fully saturated rings. The lowest BCUT2D eigenvalue weighted by Crippen LogP contribution is -2.57. The molecule has 5 nitrogen and oxygen atoms in total. The van der Waals surface area contributed by atoms with Gasteiger partial charge < -0.3 is 15.2 Å². The number of hydrogen-bond acceptors (Lipinski definition) is 4. The fourth-order valence-electron chi connectivity index (χ4n) is 2.15. The molecule has 0 radical (unpaired) electrons. The molecule has 1 aromatic carbocycles. The zero-order chi connectivity index (χ0) is 16.2. The van der Waals surface area contributed by atoms with Crippen molar-refractivity contribution >= 4 is 35.2 Å². The minimum Gasteiger partial charge on any atom is -0.482 e. The molecule has 2 N–H and O–H groups in total. The van der Waals surface area contributed by atoms with Crippen molar-refractivity contribution in [2.24, 2.45) is 0 Å². The van der Waals surface area contributed by atoms with Crippen LogP contribution in [0.4, 0.5) is 4.39 Å². The topological polar surface area (TPSA) is 75.6 Å². The normalized spacial score (nSPS) is 16.8. The van der Waals surface area contributed by atoms with Crippen molar-refractivity contribution in [3.05, 3.63) is 29.0 Å². The highest BCUT2D eigenvalue weighted by Crippen LogP contribution is 2.28. The second-order valence-electron chi connectivity index (χ2n) is 4.91. The predicted molar refractivity (Wildman–Crippen MR) is 82.0 cm³/mol. The smallest absolute Gasteiger partial charge is 0.329 e. The fourth-order valence-corrected chi connectivity index (χ4v) is 3.56. The Labute approximate surface area is 136 Å². The molecular formula is C14H15ClFNO4S. The van der Waals surface area contributed by atoms with Crippen LogP contribution in [-0.4, -0.2) is 40.6 Å². The quantitative estimate of drug-likeness (QED) is 0.855. The van der Waals surface area contributed by atoms with Crippen molar-refractivity contribution in [1.29, 1.82) is 0 Å². The average molecular weight is 348 g/mol. The zero-order valence-electron chi connectivity index (χ0n) is 11.6. The Kier molecular flexibility index (Phi) is 5.52. The monoisotopic (exact) mass is 347 g/mol. The lowest BCUT2D eigenvalue weighted by molar-refractivity contribution is -0.148. The number of carbonyl (C=O) groups excluding carboxylic acids is 1. The van der Waals surface area contributed by atoms with E-state index < -0.39 is 23.2 Å². The molecule has 0 saturated carbocycles. The van der Waals surface area contributed by atoms with Crippen molar-refractivity contribution in [1.82, 2.24) is 5.32 Å². The van der Waals surface area contributed by atoms with Crippen LogP contribution in [0.3, 0.4) is 0 Å². The standard InChI is InChI=1S/C14H15ClFNO4S/c15-10-7-9(16)1-2-11(10)21-8-12(18)17-14(13(19)20)3-5-22-6-4-14/h1-2,7H,3-6,8H2,(H,17,18)(H,19,20). The summed E-state index contributed by atoms with van der Waals surface area (Å²) in [4.78, 5) is 23.4. The minimum absolute atomic E-state index is 0.0508. The second-order valence-corrected chi connectivity index (χ2v) is 6.54. The first kappa shape index (κ1) is 16.9. The molecule has 1 amide bonds. The van der Waals surface area contributed by atoms with E-state index in [0.717, 1.165) is 12.1 Å². The number of thioether (sulfide) groups is 1. The number of carboxylic acids is 1. The highest BCUT2D eigenvalue weighted by atomic mass is 35.5. The molecule has 1 aliphatic rings. The van der Waals surface area contributed by atoms with Gasteiger partial charge in [-0.1, -0.05) is 11.6 Å². The van der Waals surface area contributed by atoms with Gasteiger partial charge in [0.2, 0.25) is 0 Å². The lowest BCUT2D eigenvalue weighted by atomic mass is 9.92. The second kappa shape index (κ2) is 7.19. The van der Waals surface area contributed by atoms with Crippen molar-refractivity contribution < 1.29 is 23.8 Å². The van der Waals surface area contributed by atoms with Crippen LogP contribution in [0, 0.1) is 5.82 Å². The molecule has 1 aliphatic heterocycles. The third-order valence-corrected chi connectivity index (χ3v) is 4.67. The van der Waals surface area contributed by atoms with Gasteiger partial charge in [-0.25, -0.2) is 9.18 Å². The fraction of sp³-hybridized carbons (Fsp3) is 0.429. The van der Waals surface area contributed by atoms with Gasteiger partial charge in [0.05, 0.1) is 5.02 Å². The molecule has 0 bridgehead atoms. The minimum atomic E-state index is -1.24. The van der Waals surface area contributed by atoms with Crippen molar-refractivity contribution in [3.8, 4) is 5.75 Å². The number of hydrogen-bond donors (Lipinski definition) is 2. The zero-order valence-corrected chi connectivity index (χ0v) is 13.2. The highest BCUT2D eigenvalue weighted by Gasteiger charge is 2.41. The van der Waals surface area contributed by atoms with Crippen LogP contribution in [0.25, 0.3) is 0 Å². The Morgan fingerprint density at radius 3 is 2.68 bits per heavy atom. The molecule has 22 heavy (non-hydrogen) atoms. The van der Waals surface area contributed by atoms with Crippen LogP contribution < -0.4 is 10.1 Å². The molecule has 0 aromatic heterocycles. The van der Waals surface area contributed by atoms with Crippen LogP contribution in [-0.2, 0) is 9.59 Å². The molecule has 0 spiro atoms. The van der Waals surface area contributed by atoms with E-state index in [4.69, 9.17) is 16.3 Å². The van der Waals surface area contributed by atoms with E-state index in [1.807, 2.05) is 0 Å². The maximum Gasteiger partial charge on any atom is 0.329 e. The number of aliphatic carboxylic acids is 1. The van der Waals surface area contributed by atoms with Crippen LogP contribution >= 0.6 is 23.4 Å². The van der Waals surface area contributed by atoms with Gasteiger partial charge in [0.25, 0.3) is 5.91 Å². The van der Waals surface area contributed by atoms with Gasteiger partial charge in [0.1, 0.15) is 17.1 Å². The molecular weight excluding hydrogens is 333 g/mol. The van der Waals surface area contributed by atoms with E-state index in [0.29, 0.717) is 24.3 Å². The van der Waals surface area contributed by atoms with Gasteiger partial charge in [0, 0.05) is 0 Å². The molecule has 0 atom stereocenters. The number of amides is 1. The number of rotatable bonds is 5. The molecule has 1 saturated heterocycles. The Bertz CT molecular complexity index is 578. The highest BCUT2D eigenvalue weighted by molar-refractivity contribution is 7.99. The number of benzene rings is 1. The molecule has 2 rings (SSSR count). The van der Waals surface area contributed by atoms with E-state index in [1.54, 1.807) is 11.8 Å². The van der Waals surface area contributed by atoms with Crippen molar-refractivity contribution in [3.63, 3.8) is 0 Å². The predicted octanol–water partition coefficient (Wildman–Crippen LogP) is 2.32. The molecule has 1 aromatic rings. The number of carboxylic acid groups (broad SMARTS) is 1. The first-order valence-corrected chi connectivity index (χ1v) is 8.16. The molecule has 8 heteroatoms. The van der Waals surface area contributed by atoms with Gasteiger partial charge >= 0.3 is 5.97 Å². The Morgan fingerprint density at radius 1 is 1.41 bits per heavy atom. The summed E-state index contributed by atoms with van der Waals surface area (Å²) < 4.78 is 18.1. The van der Waals surface area contributed by atoms with Crippen LogP contribution in [0.1, 0.15) is 12.8 Å². The Morgan fingerprint density at radius 2 is 2.09 bits per heavy atom. The number of nitrogens with one attached hydrogen (secondary N) is 1. The Hall–Kier alpha value is -1.47. The summed E-state index contributed by atoms with van der Waals surface area (Å²) in [7, 11) is 0. The molecule has 0 aliphatic carbocycles. The van der Waals surface area contributed by atoms with E-state index in [9.17, 15) is 19.1 Å². The molecule has 0 unspecified atom stereocenters.